The molecule has 0 fully saturated rings. The van der Waals surface area contributed by atoms with Crippen LogP contribution in [0.2, 0.25) is 0 Å². The van der Waals surface area contributed by atoms with Crippen LogP contribution in [0.1, 0.15) is 18.9 Å². The molecule has 108 valence electrons. The van der Waals surface area contributed by atoms with Gasteiger partial charge in [-0.05, 0) is 24.1 Å². The van der Waals surface area contributed by atoms with Crippen molar-refractivity contribution in [2.75, 3.05) is 25.6 Å². The normalized spacial score (nSPS) is 11.5. The SMILES string of the molecule is CCCc1ccc(OCCOCCS(=O)(=O)Cl)cc1. The Labute approximate surface area is 119 Å². The molecule has 6 heteroatoms. The van der Waals surface area contributed by atoms with Crippen molar-refractivity contribution in [3.63, 3.8) is 0 Å². The first-order chi connectivity index (χ1) is 9.01. The maximum Gasteiger partial charge on any atom is 0.234 e. The molecule has 1 aromatic carbocycles. The van der Waals surface area contributed by atoms with Crippen LogP contribution in [0, 0.1) is 0 Å². The summed E-state index contributed by atoms with van der Waals surface area (Å²) in [5.74, 6) is 0.605. The molecule has 0 bridgehead atoms. The van der Waals surface area contributed by atoms with E-state index in [1.54, 1.807) is 0 Å². The van der Waals surface area contributed by atoms with Gasteiger partial charge < -0.3 is 9.47 Å². The fourth-order valence-electron chi connectivity index (χ4n) is 1.52. The van der Waals surface area contributed by atoms with E-state index < -0.39 is 9.05 Å². The summed E-state index contributed by atoms with van der Waals surface area (Å²) in [7, 11) is 1.58. The van der Waals surface area contributed by atoms with E-state index in [1.807, 2.05) is 24.3 Å². The monoisotopic (exact) mass is 306 g/mol. The highest BCUT2D eigenvalue weighted by Gasteiger charge is 2.04. The topological polar surface area (TPSA) is 52.6 Å². The Kier molecular flexibility index (Phi) is 7.20. The lowest BCUT2D eigenvalue weighted by Gasteiger charge is -2.07. The van der Waals surface area contributed by atoms with Crippen molar-refractivity contribution >= 4 is 19.7 Å². The summed E-state index contributed by atoms with van der Waals surface area (Å²) in [6, 6.07) is 7.93. The van der Waals surface area contributed by atoms with E-state index in [4.69, 9.17) is 20.2 Å². The predicted molar refractivity (Wildman–Crippen MR) is 76.4 cm³/mol. The molecule has 19 heavy (non-hydrogen) atoms. The van der Waals surface area contributed by atoms with E-state index in [-0.39, 0.29) is 12.4 Å². The molecular formula is C13H19ClO4S. The van der Waals surface area contributed by atoms with Crippen LogP contribution in [0.5, 0.6) is 5.75 Å². The van der Waals surface area contributed by atoms with Gasteiger partial charge in [-0.15, -0.1) is 0 Å². The Balaban J connectivity index is 2.15. The molecule has 0 aliphatic carbocycles. The van der Waals surface area contributed by atoms with Crippen molar-refractivity contribution in [3.05, 3.63) is 29.8 Å². The minimum Gasteiger partial charge on any atom is -0.491 e. The van der Waals surface area contributed by atoms with Crippen molar-refractivity contribution in [3.8, 4) is 5.75 Å². The molecule has 0 atom stereocenters. The van der Waals surface area contributed by atoms with Gasteiger partial charge in [-0.25, -0.2) is 8.42 Å². The minimum absolute atomic E-state index is 0.0879. The number of halogens is 1. The second-order valence-corrected chi connectivity index (χ2v) is 6.99. The molecular weight excluding hydrogens is 288 g/mol. The summed E-state index contributed by atoms with van der Waals surface area (Å²) in [6.45, 7) is 2.95. The van der Waals surface area contributed by atoms with Gasteiger partial charge in [-0.2, -0.15) is 0 Å². The van der Waals surface area contributed by atoms with E-state index >= 15 is 0 Å². The Bertz CT molecular complexity index is 456. The van der Waals surface area contributed by atoms with Crippen LogP contribution < -0.4 is 4.74 Å². The van der Waals surface area contributed by atoms with Gasteiger partial charge >= 0.3 is 0 Å². The third-order valence-corrected chi connectivity index (χ3v) is 3.55. The van der Waals surface area contributed by atoms with Gasteiger partial charge in [0.25, 0.3) is 0 Å². The van der Waals surface area contributed by atoms with Crippen LogP contribution in [-0.4, -0.2) is 34.0 Å². The van der Waals surface area contributed by atoms with Gasteiger partial charge in [0, 0.05) is 10.7 Å². The Hall–Kier alpha value is -0.780. The van der Waals surface area contributed by atoms with Gasteiger partial charge in [0.1, 0.15) is 12.4 Å². The highest BCUT2D eigenvalue weighted by atomic mass is 35.7. The molecule has 0 N–H and O–H groups in total. The molecule has 4 nitrogen and oxygen atoms in total. The quantitative estimate of drug-likeness (QED) is 0.520. The van der Waals surface area contributed by atoms with Gasteiger partial charge in [0.05, 0.1) is 19.0 Å². The predicted octanol–water partition coefficient (Wildman–Crippen LogP) is 2.60. The smallest absolute Gasteiger partial charge is 0.234 e. The summed E-state index contributed by atoms with van der Waals surface area (Å²) >= 11 is 0. The van der Waals surface area contributed by atoms with Crippen LogP contribution in [-0.2, 0) is 20.2 Å². The molecule has 0 unspecified atom stereocenters. The summed E-state index contributed by atoms with van der Waals surface area (Å²) in [5, 5.41) is 0. The molecule has 0 aliphatic heterocycles. The van der Waals surface area contributed by atoms with E-state index in [9.17, 15) is 8.42 Å². The first-order valence-corrected chi connectivity index (χ1v) is 8.71. The summed E-state index contributed by atoms with van der Waals surface area (Å²) < 4.78 is 31.8. The van der Waals surface area contributed by atoms with E-state index in [2.05, 4.69) is 6.92 Å². The Morgan fingerprint density at radius 2 is 1.79 bits per heavy atom. The first kappa shape index (κ1) is 16.3. The number of aryl methyl sites for hydroxylation is 1. The number of rotatable bonds is 9. The first-order valence-electron chi connectivity index (χ1n) is 6.23. The number of hydrogen-bond acceptors (Lipinski definition) is 4. The van der Waals surface area contributed by atoms with Crippen molar-refractivity contribution in [1.82, 2.24) is 0 Å². The van der Waals surface area contributed by atoms with E-state index in [0.29, 0.717) is 13.2 Å². The zero-order valence-corrected chi connectivity index (χ0v) is 12.5. The number of benzene rings is 1. The fraction of sp³-hybridized carbons (Fsp3) is 0.538. The fourth-order valence-corrected chi connectivity index (χ4v) is 2.03. The third kappa shape index (κ3) is 8.08. The average molecular weight is 307 g/mol. The zero-order valence-electron chi connectivity index (χ0n) is 11.0. The maximum atomic E-state index is 10.6. The van der Waals surface area contributed by atoms with E-state index in [0.717, 1.165) is 18.6 Å². The number of ether oxygens (including phenoxy) is 2. The Morgan fingerprint density at radius 1 is 1.11 bits per heavy atom. The molecule has 0 saturated heterocycles. The molecule has 0 aliphatic rings. The molecule has 1 aromatic rings. The maximum absolute atomic E-state index is 10.6. The zero-order chi connectivity index (χ0) is 14.1. The standard InChI is InChI=1S/C13H19ClO4S/c1-2-3-12-4-6-13(7-5-12)18-9-8-17-10-11-19(14,15)16/h4-7H,2-3,8-11H2,1H3. The molecule has 0 aromatic heterocycles. The van der Waals surface area contributed by atoms with Crippen LogP contribution in [0.15, 0.2) is 24.3 Å². The van der Waals surface area contributed by atoms with Gasteiger partial charge in [0.15, 0.2) is 0 Å². The van der Waals surface area contributed by atoms with Crippen LogP contribution in [0.4, 0.5) is 0 Å². The summed E-state index contributed by atoms with van der Waals surface area (Å²) in [4.78, 5) is 0. The van der Waals surface area contributed by atoms with Crippen molar-refractivity contribution in [2.45, 2.75) is 19.8 Å². The van der Waals surface area contributed by atoms with Crippen LogP contribution in [0.25, 0.3) is 0 Å². The van der Waals surface area contributed by atoms with E-state index in [1.165, 1.54) is 5.56 Å². The molecule has 0 radical (unpaired) electrons. The van der Waals surface area contributed by atoms with Gasteiger partial charge in [0.2, 0.25) is 9.05 Å². The molecule has 1 rings (SSSR count). The molecule has 0 amide bonds. The van der Waals surface area contributed by atoms with Crippen LogP contribution >= 0.6 is 10.7 Å². The second-order valence-electron chi connectivity index (χ2n) is 4.10. The third-order valence-electron chi connectivity index (χ3n) is 2.43. The highest BCUT2D eigenvalue weighted by Crippen LogP contribution is 2.13. The number of hydrogen-bond donors (Lipinski definition) is 0. The molecule has 0 spiro atoms. The Morgan fingerprint density at radius 3 is 2.37 bits per heavy atom. The van der Waals surface area contributed by atoms with Crippen molar-refractivity contribution in [2.24, 2.45) is 0 Å². The second kappa shape index (κ2) is 8.40. The van der Waals surface area contributed by atoms with Crippen molar-refractivity contribution in [1.29, 1.82) is 0 Å². The van der Waals surface area contributed by atoms with Crippen molar-refractivity contribution < 1.29 is 17.9 Å². The molecule has 0 heterocycles. The van der Waals surface area contributed by atoms with Gasteiger partial charge in [-0.3, -0.25) is 0 Å². The lowest BCUT2D eigenvalue weighted by atomic mass is 10.1. The highest BCUT2D eigenvalue weighted by molar-refractivity contribution is 8.13. The summed E-state index contributed by atoms with van der Waals surface area (Å²) in [6.07, 6.45) is 2.19. The largest absolute Gasteiger partial charge is 0.491 e. The lowest BCUT2D eigenvalue weighted by Crippen LogP contribution is -2.11. The average Bonchev–Trinajstić information content (AvgIpc) is 2.35. The van der Waals surface area contributed by atoms with Crippen LogP contribution in [0.3, 0.4) is 0 Å². The summed E-state index contributed by atoms with van der Waals surface area (Å²) in [5.41, 5.74) is 1.29. The molecule has 0 saturated carbocycles. The lowest BCUT2D eigenvalue weighted by molar-refractivity contribution is 0.111. The minimum atomic E-state index is -3.47. The van der Waals surface area contributed by atoms with Gasteiger partial charge in [-0.1, -0.05) is 25.5 Å².